The van der Waals surface area contributed by atoms with Crippen molar-refractivity contribution < 1.29 is 22.7 Å². The Bertz CT molecular complexity index is 641. The number of unbranched alkanes of at least 4 members (excludes halogenated alkanes) is 1. The van der Waals surface area contributed by atoms with Gasteiger partial charge in [0.1, 0.15) is 0 Å². The monoisotopic (exact) mass is 356 g/mol. The van der Waals surface area contributed by atoms with E-state index in [1.165, 1.54) is 26.3 Å². The highest BCUT2D eigenvalue weighted by atomic mass is 32.2. The van der Waals surface area contributed by atoms with Crippen LogP contribution in [0.5, 0.6) is 0 Å². The molecule has 1 rings (SSSR count). The van der Waals surface area contributed by atoms with Crippen LogP contribution in [0, 0.1) is 0 Å². The van der Waals surface area contributed by atoms with E-state index in [1.807, 2.05) is 0 Å². The summed E-state index contributed by atoms with van der Waals surface area (Å²) >= 11 is 0. The van der Waals surface area contributed by atoms with Crippen molar-refractivity contribution >= 4 is 21.9 Å². The van der Waals surface area contributed by atoms with Gasteiger partial charge < -0.3 is 10.1 Å². The number of hydrogen-bond acceptors (Lipinski definition) is 5. The number of ether oxygens (including phenoxy) is 1. The van der Waals surface area contributed by atoms with Crippen molar-refractivity contribution in [2.75, 3.05) is 20.7 Å². The van der Waals surface area contributed by atoms with Gasteiger partial charge in [0.2, 0.25) is 15.9 Å². The third-order valence-corrected chi connectivity index (χ3v) is 4.93. The largest absolute Gasteiger partial charge is 0.469 e. The summed E-state index contributed by atoms with van der Waals surface area (Å²) in [4.78, 5) is 22.9. The van der Waals surface area contributed by atoms with E-state index < -0.39 is 10.0 Å². The highest BCUT2D eigenvalue weighted by Crippen LogP contribution is 2.11. The number of methoxy groups -OCH3 is 1. The lowest BCUT2D eigenvalue weighted by Crippen LogP contribution is -2.24. The molecule has 8 heteroatoms. The van der Waals surface area contributed by atoms with Crippen LogP contribution in [-0.4, -0.2) is 41.0 Å². The molecule has 0 aromatic heterocycles. The molecular weight excluding hydrogens is 332 g/mol. The second-order valence-electron chi connectivity index (χ2n) is 5.23. The third-order valence-electron chi connectivity index (χ3n) is 3.50. The normalized spacial score (nSPS) is 11.1. The smallest absolute Gasteiger partial charge is 0.305 e. The number of esters is 1. The van der Waals surface area contributed by atoms with Crippen molar-refractivity contribution in [2.45, 2.75) is 37.0 Å². The highest BCUT2D eigenvalue weighted by molar-refractivity contribution is 7.89. The van der Waals surface area contributed by atoms with Gasteiger partial charge in [0.25, 0.3) is 0 Å². The molecule has 134 valence electrons. The van der Waals surface area contributed by atoms with E-state index in [-0.39, 0.29) is 16.8 Å². The fourth-order valence-electron chi connectivity index (χ4n) is 2.02. The molecule has 0 saturated heterocycles. The van der Waals surface area contributed by atoms with Gasteiger partial charge in [-0.25, -0.2) is 13.1 Å². The molecule has 0 saturated carbocycles. The molecule has 0 spiro atoms. The van der Waals surface area contributed by atoms with E-state index in [1.54, 1.807) is 12.1 Å². The van der Waals surface area contributed by atoms with Gasteiger partial charge in [-0.3, -0.25) is 9.59 Å². The molecule has 0 aliphatic carbocycles. The van der Waals surface area contributed by atoms with Crippen LogP contribution < -0.4 is 10.0 Å². The first-order valence-corrected chi connectivity index (χ1v) is 9.23. The first-order valence-electron chi connectivity index (χ1n) is 7.75. The zero-order valence-electron chi connectivity index (χ0n) is 14.0. The minimum atomic E-state index is -3.43. The lowest BCUT2D eigenvalue weighted by atomic mass is 10.1. The van der Waals surface area contributed by atoms with E-state index in [9.17, 15) is 18.0 Å². The SMILES string of the molecule is CNS(=O)(=O)c1ccc(CCC(=O)NCCCCC(=O)OC)cc1. The van der Waals surface area contributed by atoms with Gasteiger partial charge in [0.05, 0.1) is 12.0 Å². The molecule has 0 radical (unpaired) electrons. The molecule has 0 fully saturated rings. The Morgan fingerprint density at radius 2 is 1.75 bits per heavy atom. The van der Waals surface area contributed by atoms with Crippen LogP contribution in [0.1, 0.15) is 31.2 Å². The van der Waals surface area contributed by atoms with Gasteiger partial charge in [-0.05, 0) is 44.0 Å². The number of carbonyl (C=O) groups excluding carboxylic acids is 2. The molecule has 0 bridgehead atoms. The number of carbonyl (C=O) groups is 2. The Morgan fingerprint density at radius 3 is 2.33 bits per heavy atom. The van der Waals surface area contributed by atoms with Gasteiger partial charge in [0.15, 0.2) is 0 Å². The summed E-state index contributed by atoms with van der Waals surface area (Å²) in [6, 6.07) is 6.44. The highest BCUT2D eigenvalue weighted by Gasteiger charge is 2.10. The molecule has 0 aliphatic rings. The number of hydrogen-bond donors (Lipinski definition) is 2. The predicted molar refractivity (Wildman–Crippen MR) is 89.9 cm³/mol. The molecule has 1 aromatic carbocycles. The van der Waals surface area contributed by atoms with Crippen LogP contribution in [0.3, 0.4) is 0 Å². The maximum atomic E-state index is 11.7. The van der Waals surface area contributed by atoms with Crippen molar-refractivity contribution in [2.24, 2.45) is 0 Å². The summed E-state index contributed by atoms with van der Waals surface area (Å²) < 4.78 is 30.0. The Balaban J connectivity index is 2.28. The van der Waals surface area contributed by atoms with Crippen molar-refractivity contribution in [1.29, 1.82) is 0 Å². The number of rotatable bonds is 10. The lowest BCUT2D eigenvalue weighted by molar-refractivity contribution is -0.140. The second kappa shape index (κ2) is 10.0. The Kier molecular flexibility index (Phi) is 8.42. The molecule has 7 nitrogen and oxygen atoms in total. The van der Waals surface area contributed by atoms with Crippen LogP contribution in [0.25, 0.3) is 0 Å². The van der Waals surface area contributed by atoms with Crippen molar-refractivity contribution in [3.63, 3.8) is 0 Å². The van der Waals surface area contributed by atoms with Crippen LogP contribution >= 0.6 is 0 Å². The number of sulfonamides is 1. The van der Waals surface area contributed by atoms with E-state index in [2.05, 4.69) is 14.8 Å². The predicted octanol–water partition coefficient (Wildman–Crippen LogP) is 0.987. The van der Waals surface area contributed by atoms with Crippen LogP contribution in [0.4, 0.5) is 0 Å². The quantitative estimate of drug-likeness (QED) is 0.481. The van der Waals surface area contributed by atoms with E-state index >= 15 is 0 Å². The topological polar surface area (TPSA) is 102 Å². The number of nitrogens with one attached hydrogen (secondary N) is 2. The third kappa shape index (κ3) is 7.10. The summed E-state index contributed by atoms with van der Waals surface area (Å²) in [6.45, 7) is 0.523. The Morgan fingerprint density at radius 1 is 1.08 bits per heavy atom. The second-order valence-corrected chi connectivity index (χ2v) is 7.12. The molecule has 24 heavy (non-hydrogen) atoms. The van der Waals surface area contributed by atoms with E-state index in [4.69, 9.17) is 0 Å². The zero-order valence-corrected chi connectivity index (χ0v) is 14.8. The lowest BCUT2D eigenvalue weighted by Gasteiger charge is -2.06. The molecule has 0 atom stereocenters. The summed E-state index contributed by atoms with van der Waals surface area (Å²) in [7, 11) is -0.722. The van der Waals surface area contributed by atoms with Crippen LogP contribution in [-0.2, 0) is 30.8 Å². The number of amides is 1. The van der Waals surface area contributed by atoms with Gasteiger partial charge in [-0.2, -0.15) is 0 Å². The van der Waals surface area contributed by atoms with Gasteiger partial charge in [-0.1, -0.05) is 12.1 Å². The van der Waals surface area contributed by atoms with Crippen molar-refractivity contribution in [1.82, 2.24) is 10.0 Å². The average Bonchev–Trinajstić information content (AvgIpc) is 2.59. The first kappa shape index (κ1) is 20.1. The van der Waals surface area contributed by atoms with Crippen molar-refractivity contribution in [3.05, 3.63) is 29.8 Å². The van der Waals surface area contributed by atoms with E-state index in [0.717, 1.165) is 12.0 Å². The molecule has 0 unspecified atom stereocenters. The Hall–Kier alpha value is -1.93. The van der Waals surface area contributed by atoms with Crippen molar-refractivity contribution in [3.8, 4) is 0 Å². The molecule has 0 heterocycles. The Labute approximate surface area is 142 Å². The minimum Gasteiger partial charge on any atom is -0.469 e. The van der Waals surface area contributed by atoms with Gasteiger partial charge >= 0.3 is 5.97 Å². The van der Waals surface area contributed by atoms with Gasteiger partial charge in [0, 0.05) is 19.4 Å². The zero-order chi connectivity index (χ0) is 18.0. The molecule has 2 N–H and O–H groups in total. The molecular formula is C16H24N2O5S. The summed E-state index contributed by atoms with van der Waals surface area (Å²) in [6.07, 6.45) is 2.61. The van der Waals surface area contributed by atoms with Crippen LogP contribution in [0.2, 0.25) is 0 Å². The maximum absolute atomic E-state index is 11.7. The van der Waals surface area contributed by atoms with Gasteiger partial charge in [-0.15, -0.1) is 0 Å². The fourth-order valence-corrected chi connectivity index (χ4v) is 2.75. The number of benzene rings is 1. The number of aryl methyl sites for hydroxylation is 1. The fraction of sp³-hybridized carbons (Fsp3) is 0.500. The molecule has 1 amide bonds. The first-order chi connectivity index (χ1) is 11.4. The van der Waals surface area contributed by atoms with E-state index in [0.29, 0.717) is 32.2 Å². The average molecular weight is 356 g/mol. The summed E-state index contributed by atoms with van der Waals surface area (Å²) in [5, 5.41) is 2.79. The minimum absolute atomic E-state index is 0.0695. The maximum Gasteiger partial charge on any atom is 0.305 e. The molecule has 1 aromatic rings. The molecule has 0 aliphatic heterocycles. The standard InChI is InChI=1S/C16H24N2O5S/c1-17-24(21,22)14-9-6-13(7-10-14)8-11-15(19)18-12-4-3-5-16(20)23-2/h6-7,9-10,17H,3-5,8,11-12H2,1-2H3,(H,18,19). The summed E-state index contributed by atoms with van der Waals surface area (Å²) in [5.74, 6) is -0.315. The van der Waals surface area contributed by atoms with Crippen LogP contribution in [0.15, 0.2) is 29.2 Å². The summed E-state index contributed by atoms with van der Waals surface area (Å²) in [5.41, 5.74) is 0.894.